The Labute approximate surface area is 67.8 Å². The van der Waals surface area contributed by atoms with Gasteiger partial charge in [-0.3, -0.25) is 4.79 Å². The first-order chi connectivity index (χ1) is 4.66. The summed E-state index contributed by atoms with van der Waals surface area (Å²) in [5, 5.41) is -0.205. The lowest BCUT2D eigenvalue weighted by Gasteiger charge is -2.04. The lowest BCUT2D eigenvalue weighted by atomic mass is 10.0. The van der Waals surface area contributed by atoms with Gasteiger partial charge >= 0.3 is 0 Å². The Morgan fingerprint density at radius 3 is 2.60 bits per heavy atom. The van der Waals surface area contributed by atoms with Crippen LogP contribution in [-0.2, 0) is 4.79 Å². The molecule has 60 valence electrons. The summed E-state index contributed by atoms with van der Waals surface area (Å²) in [7, 11) is 0. The van der Waals surface area contributed by atoms with Crippen LogP contribution in [0.4, 0.5) is 0 Å². The molecule has 0 aromatic carbocycles. The molecule has 0 radical (unpaired) electrons. The first-order valence-electron chi connectivity index (χ1n) is 3.85. The largest absolute Gasteiger partial charge is 0.281 e. The molecule has 0 unspecified atom stereocenters. The summed E-state index contributed by atoms with van der Waals surface area (Å²) >= 11 is 5.17. The summed E-state index contributed by atoms with van der Waals surface area (Å²) in [4.78, 5) is 10.3. The Bertz CT molecular complexity index is 101. The third-order valence-corrected chi connectivity index (χ3v) is 1.96. The fourth-order valence-electron chi connectivity index (χ4n) is 0.794. The zero-order valence-corrected chi connectivity index (χ0v) is 7.45. The van der Waals surface area contributed by atoms with E-state index in [-0.39, 0.29) is 5.24 Å². The van der Waals surface area contributed by atoms with Gasteiger partial charge in [0.15, 0.2) is 0 Å². The molecular formula is C8H15ClO. The van der Waals surface area contributed by atoms with Crippen molar-refractivity contribution in [1.82, 2.24) is 0 Å². The Morgan fingerprint density at radius 2 is 2.20 bits per heavy atom. The minimum atomic E-state index is -0.205. The molecule has 0 N–H and O–H groups in total. The van der Waals surface area contributed by atoms with Crippen molar-refractivity contribution in [3.8, 4) is 0 Å². The van der Waals surface area contributed by atoms with E-state index in [1.165, 1.54) is 6.42 Å². The first-order valence-corrected chi connectivity index (χ1v) is 4.23. The van der Waals surface area contributed by atoms with E-state index < -0.39 is 0 Å². The highest BCUT2D eigenvalue weighted by Gasteiger charge is 2.00. The molecule has 10 heavy (non-hydrogen) atoms. The van der Waals surface area contributed by atoms with Gasteiger partial charge < -0.3 is 0 Å². The molecule has 0 aliphatic heterocycles. The third-order valence-electron chi connectivity index (χ3n) is 1.77. The molecule has 0 bridgehead atoms. The van der Waals surface area contributed by atoms with Gasteiger partial charge in [0.2, 0.25) is 5.24 Å². The van der Waals surface area contributed by atoms with Crippen molar-refractivity contribution in [3.05, 3.63) is 0 Å². The van der Waals surface area contributed by atoms with Gasteiger partial charge in [0.1, 0.15) is 0 Å². The van der Waals surface area contributed by atoms with Gasteiger partial charge in [0.25, 0.3) is 0 Å². The minimum Gasteiger partial charge on any atom is -0.281 e. The van der Waals surface area contributed by atoms with Crippen LogP contribution in [0.2, 0.25) is 0 Å². The highest BCUT2D eigenvalue weighted by Crippen LogP contribution is 2.11. The van der Waals surface area contributed by atoms with Crippen LogP contribution in [0.1, 0.15) is 39.5 Å². The van der Waals surface area contributed by atoms with Gasteiger partial charge in [-0.15, -0.1) is 0 Å². The average molecular weight is 163 g/mol. The van der Waals surface area contributed by atoms with Crippen LogP contribution < -0.4 is 0 Å². The summed E-state index contributed by atoms with van der Waals surface area (Å²) < 4.78 is 0. The zero-order valence-electron chi connectivity index (χ0n) is 6.69. The van der Waals surface area contributed by atoms with Gasteiger partial charge in [-0.25, -0.2) is 0 Å². The van der Waals surface area contributed by atoms with Crippen molar-refractivity contribution in [3.63, 3.8) is 0 Å². The van der Waals surface area contributed by atoms with Crippen LogP contribution in [0.3, 0.4) is 0 Å². The summed E-state index contributed by atoms with van der Waals surface area (Å²) in [6.45, 7) is 4.35. The molecule has 0 aromatic rings. The monoisotopic (exact) mass is 162 g/mol. The Kier molecular flexibility index (Phi) is 5.70. The number of halogens is 1. The van der Waals surface area contributed by atoms with E-state index in [0.29, 0.717) is 6.42 Å². The number of carbonyl (C=O) groups excluding carboxylic acids is 1. The van der Waals surface area contributed by atoms with E-state index >= 15 is 0 Å². The molecule has 0 rings (SSSR count). The number of hydrogen-bond donors (Lipinski definition) is 0. The topological polar surface area (TPSA) is 17.1 Å². The highest BCUT2D eigenvalue weighted by molar-refractivity contribution is 6.63. The number of hydrogen-bond acceptors (Lipinski definition) is 1. The molecule has 1 atom stereocenters. The lowest BCUT2D eigenvalue weighted by molar-refractivity contribution is -0.111. The predicted molar refractivity (Wildman–Crippen MR) is 44.2 cm³/mol. The van der Waals surface area contributed by atoms with Gasteiger partial charge in [-0.1, -0.05) is 26.7 Å². The Balaban J connectivity index is 3.11. The lowest BCUT2D eigenvalue weighted by Crippen LogP contribution is -1.93. The molecule has 0 aliphatic rings. The maximum absolute atomic E-state index is 10.3. The smallest absolute Gasteiger partial charge is 0.221 e. The molecule has 2 heteroatoms. The van der Waals surface area contributed by atoms with Crippen molar-refractivity contribution >= 4 is 16.8 Å². The van der Waals surface area contributed by atoms with E-state index in [0.717, 1.165) is 18.8 Å². The first kappa shape index (κ1) is 9.96. The van der Waals surface area contributed by atoms with Crippen LogP contribution in [0, 0.1) is 5.92 Å². The van der Waals surface area contributed by atoms with Crippen LogP contribution in [0.15, 0.2) is 0 Å². The van der Waals surface area contributed by atoms with Crippen LogP contribution in [-0.4, -0.2) is 5.24 Å². The van der Waals surface area contributed by atoms with Crippen molar-refractivity contribution in [1.29, 1.82) is 0 Å². The summed E-state index contributed by atoms with van der Waals surface area (Å²) in [6, 6.07) is 0. The Morgan fingerprint density at radius 1 is 1.60 bits per heavy atom. The second kappa shape index (κ2) is 5.72. The van der Waals surface area contributed by atoms with Crippen molar-refractivity contribution in [2.45, 2.75) is 39.5 Å². The van der Waals surface area contributed by atoms with Gasteiger partial charge in [0, 0.05) is 6.42 Å². The average Bonchev–Trinajstić information content (AvgIpc) is 1.87. The summed E-state index contributed by atoms with van der Waals surface area (Å²) in [6.07, 6.45) is 3.79. The predicted octanol–water partition coefficient (Wildman–Crippen LogP) is 2.97. The zero-order chi connectivity index (χ0) is 7.98. The minimum absolute atomic E-state index is 0.205. The third kappa shape index (κ3) is 6.09. The quantitative estimate of drug-likeness (QED) is 0.568. The molecule has 0 saturated heterocycles. The fourth-order valence-corrected chi connectivity index (χ4v) is 0.927. The maximum atomic E-state index is 10.3. The van der Waals surface area contributed by atoms with Gasteiger partial charge in [-0.2, -0.15) is 0 Å². The van der Waals surface area contributed by atoms with Crippen LogP contribution in [0.25, 0.3) is 0 Å². The van der Waals surface area contributed by atoms with E-state index in [2.05, 4.69) is 13.8 Å². The molecular weight excluding hydrogens is 148 g/mol. The van der Waals surface area contributed by atoms with Gasteiger partial charge in [-0.05, 0) is 23.9 Å². The molecule has 0 heterocycles. The summed E-state index contributed by atoms with van der Waals surface area (Å²) in [5.74, 6) is 0.732. The fraction of sp³-hybridized carbons (Fsp3) is 0.875. The molecule has 0 saturated carbocycles. The molecule has 0 fully saturated rings. The molecule has 0 aliphatic carbocycles. The Hall–Kier alpha value is -0.0400. The van der Waals surface area contributed by atoms with Crippen molar-refractivity contribution < 1.29 is 4.79 Å². The molecule has 0 amide bonds. The van der Waals surface area contributed by atoms with Crippen molar-refractivity contribution in [2.24, 2.45) is 5.92 Å². The molecule has 0 aromatic heterocycles. The molecule has 0 spiro atoms. The van der Waals surface area contributed by atoms with E-state index in [4.69, 9.17) is 11.6 Å². The van der Waals surface area contributed by atoms with Crippen LogP contribution in [0.5, 0.6) is 0 Å². The number of carbonyl (C=O) groups is 1. The van der Waals surface area contributed by atoms with Gasteiger partial charge in [0.05, 0.1) is 0 Å². The second-order valence-electron chi connectivity index (χ2n) is 2.76. The van der Waals surface area contributed by atoms with E-state index in [1.807, 2.05) is 0 Å². The molecule has 1 nitrogen and oxygen atoms in total. The van der Waals surface area contributed by atoms with Crippen molar-refractivity contribution in [2.75, 3.05) is 0 Å². The second-order valence-corrected chi connectivity index (χ2v) is 3.18. The standard InChI is InChI=1S/C8H15ClO/c1-3-7(2)5-4-6-8(9)10/h7H,3-6H2,1-2H3/t7-/m1/s1. The number of rotatable bonds is 5. The normalized spacial score (nSPS) is 13.1. The van der Waals surface area contributed by atoms with E-state index in [1.54, 1.807) is 0 Å². The van der Waals surface area contributed by atoms with Crippen LogP contribution >= 0.6 is 11.6 Å². The SMILES string of the molecule is CC[C@@H](C)CCCC(=O)Cl. The maximum Gasteiger partial charge on any atom is 0.221 e. The highest BCUT2D eigenvalue weighted by atomic mass is 35.5. The summed E-state index contributed by atoms with van der Waals surface area (Å²) in [5.41, 5.74) is 0. The van der Waals surface area contributed by atoms with E-state index in [9.17, 15) is 4.79 Å².